The van der Waals surface area contributed by atoms with E-state index in [-0.39, 0.29) is 17.9 Å². The monoisotopic (exact) mass is 534 g/mol. The van der Waals surface area contributed by atoms with Gasteiger partial charge in [0.25, 0.3) is 0 Å². The summed E-state index contributed by atoms with van der Waals surface area (Å²) in [5, 5.41) is 3.86. The Labute approximate surface area is 229 Å². The number of thioether (sulfide) groups is 1. The topological polar surface area (TPSA) is 49.4 Å². The molecule has 4 nitrogen and oxygen atoms in total. The summed E-state index contributed by atoms with van der Waals surface area (Å²) < 4.78 is 0. The lowest BCUT2D eigenvalue weighted by Gasteiger charge is -2.32. The van der Waals surface area contributed by atoms with Gasteiger partial charge in [0.15, 0.2) is 0 Å². The van der Waals surface area contributed by atoms with E-state index in [1.165, 1.54) is 5.56 Å². The molecule has 1 fully saturated rings. The first-order valence-corrected chi connectivity index (χ1v) is 14.6. The number of carbonyl (C=O) groups excluding carboxylic acids is 2. The first kappa shape index (κ1) is 27.3. The summed E-state index contributed by atoms with van der Waals surface area (Å²) in [4.78, 5) is 29.2. The number of nitrogens with one attached hydrogen (secondary N) is 1. The van der Waals surface area contributed by atoms with Crippen LogP contribution in [0.15, 0.2) is 84.9 Å². The first-order chi connectivity index (χ1) is 18.1. The van der Waals surface area contributed by atoms with Gasteiger partial charge in [-0.15, -0.1) is 0 Å². The fraction of sp³-hybridized carbons (Fsp3) is 0.355. The second-order valence-electron chi connectivity index (χ2n) is 9.60. The maximum absolute atomic E-state index is 13.7. The lowest BCUT2D eigenvalue weighted by atomic mass is 10.0. The molecular formula is C31H35ClN2O2S. The van der Waals surface area contributed by atoms with Crippen molar-refractivity contribution in [2.45, 2.75) is 62.9 Å². The minimum absolute atomic E-state index is 0.0250. The van der Waals surface area contributed by atoms with E-state index in [1.54, 1.807) is 16.7 Å². The Balaban J connectivity index is 1.53. The molecule has 6 heteroatoms. The minimum atomic E-state index is -0.606. The number of rotatable bonds is 12. The minimum Gasteiger partial charge on any atom is -0.352 e. The van der Waals surface area contributed by atoms with Crippen LogP contribution in [0.4, 0.5) is 0 Å². The quantitative estimate of drug-likeness (QED) is 0.264. The second kappa shape index (κ2) is 14.3. The Morgan fingerprint density at radius 3 is 2.19 bits per heavy atom. The van der Waals surface area contributed by atoms with E-state index >= 15 is 0 Å². The summed E-state index contributed by atoms with van der Waals surface area (Å²) in [5.41, 5.74) is 3.12. The first-order valence-electron chi connectivity index (χ1n) is 13.1. The molecule has 194 valence electrons. The maximum atomic E-state index is 13.7. The molecule has 0 heterocycles. The number of benzene rings is 3. The van der Waals surface area contributed by atoms with Gasteiger partial charge in [-0.1, -0.05) is 103 Å². The SMILES string of the molecule is O=C(NC1CCCC1)[C@@H](Cc1ccccc1)N(Cc1ccccc1Cl)C(=O)CCSCc1ccccc1. The van der Waals surface area contributed by atoms with Crippen molar-refractivity contribution < 1.29 is 9.59 Å². The molecule has 0 radical (unpaired) electrons. The highest BCUT2D eigenvalue weighted by molar-refractivity contribution is 7.98. The standard InChI is InChI=1S/C31H35ClN2O2S/c32-28-18-10-7-15-26(28)22-34(30(35)19-20-37-23-25-13-5-2-6-14-25)29(21-24-11-3-1-4-12-24)31(36)33-27-16-8-9-17-27/h1-7,10-15,18,27,29H,8-9,16-17,19-23H2,(H,33,36)/t29-/m1/s1. The Kier molecular flexibility index (Phi) is 10.5. The van der Waals surface area contributed by atoms with Crippen LogP contribution in [-0.2, 0) is 28.3 Å². The molecule has 0 unspecified atom stereocenters. The highest BCUT2D eigenvalue weighted by atomic mass is 35.5. The van der Waals surface area contributed by atoms with E-state index in [0.29, 0.717) is 30.2 Å². The van der Waals surface area contributed by atoms with Gasteiger partial charge in [-0.2, -0.15) is 11.8 Å². The van der Waals surface area contributed by atoms with Crippen LogP contribution < -0.4 is 5.32 Å². The van der Waals surface area contributed by atoms with E-state index in [0.717, 1.165) is 42.6 Å². The molecule has 1 atom stereocenters. The smallest absolute Gasteiger partial charge is 0.243 e. The Bertz CT molecular complexity index is 1140. The summed E-state index contributed by atoms with van der Waals surface area (Å²) in [5.74, 6) is 1.44. The third-order valence-electron chi connectivity index (χ3n) is 6.84. The third-order valence-corrected chi connectivity index (χ3v) is 8.24. The number of hydrogen-bond acceptors (Lipinski definition) is 3. The molecule has 0 aliphatic heterocycles. The van der Waals surface area contributed by atoms with Crippen molar-refractivity contribution in [3.8, 4) is 0 Å². The zero-order valence-electron chi connectivity index (χ0n) is 21.2. The zero-order chi connectivity index (χ0) is 25.9. The summed E-state index contributed by atoms with van der Waals surface area (Å²) >= 11 is 8.24. The van der Waals surface area contributed by atoms with Crippen LogP contribution in [0.25, 0.3) is 0 Å². The molecule has 0 bridgehead atoms. The van der Waals surface area contributed by atoms with Gasteiger partial charge >= 0.3 is 0 Å². The molecule has 1 aliphatic carbocycles. The molecule has 0 aromatic heterocycles. The van der Waals surface area contributed by atoms with Crippen LogP contribution in [0.2, 0.25) is 5.02 Å². The number of hydrogen-bond donors (Lipinski definition) is 1. The lowest BCUT2D eigenvalue weighted by Crippen LogP contribution is -2.52. The molecule has 4 rings (SSSR count). The van der Waals surface area contributed by atoms with Crippen molar-refractivity contribution in [1.82, 2.24) is 10.2 Å². The third kappa shape index (κ3) is 8.37. The molecule has 2 amide bonds. The summed E-state index contributed by atoms with van der Waals surface area (Å²) in [6.45, 7) is 0.303. The average molecular weight is 535 g/mol. The number of halogens is 1. The Morgan fingerprint density at radius 1 is 0.892 bits per heavy atom. The van der Waals surface area contributed by atoms with E-state index < -0.39 is 6.04 Å². The highest BCUT2D eigenvalue weighted by Crippen LogP contribution is 2.23. The van der Waals surface area contributed by atoms with Crippen molar-refractivity contribution in [3.05, 3.63) is 107 Å². The fourth-order valence-electron chi connectivity index (χ4n) is 4.80. The van der Waals surface area contributed by atoms with Crippen LogP contribution in [0.1, 0.15) is 48.8 Å². The average Bonchev–Trinajstić information content (AvgIpc) is 3.43. The van der Waals surface area contributed by atoms with Crippen LogP contribution in [0, 0.1) is 0 Å². The second-order valence-corrected chi connectivity index (χ2v) is 11.1. The van der Waals surface area contributed by atoms with Gasteiger partial charge in [0.05, 0.1) is 0 Å². The molecule has 3 aromatic rings. The molecule has 1 saturated carbocycles. The van der Waals surface area contributed by atoms with Crippen molar-refractivity contribution in [3.63, 3.8) is 0 Å². The van der Waals surface area contributed by atoms with Gasteiger partial charge in [0, 0.05) is 42.0 Å². The Morgan fingerprint density at radius 2 is 1.51 bits per heavy atom. The number of nitrogens with zero attached hydrogens (tertiary/aromatic N) is 1. The maximum Gasteiger partial charge on any atom is 0.243 e. The predicted octanol–water partition coefficient (Wildman–Crippen LogP) is 6.66. The van der Waals surface area contributed by atoms with Gasteiger partial charge in [0.2, 0.25) is 11.8 Å². The van der Waals surface area contributed by atoms with Crippen molar-refractivity contribution in [2.24, 2.45) is 0 Å². The van der Waals surface area contributed by atoms with E-state index in [4.69, 9.17) is 11.6 Å². The van der Waals surface area contributed by atoms with Crippen LogP contribution in [-0.4, -0.2) is 34.6 Å². The lowest BCUT2D eigenvalue weighted by molar-refractivity contribution is -0.141. The van der Waals surface area contributed by atoms with E-state index in [9.17, 15) is 9.59 Å². The van der Waals surface area contributed by atoms with Crippen LogP contribution >= 0.6 is 23.4 Å². The largest absolute Gasteiger partial charge is 0.352 e. The fourth-order valence-corrected chi connectivity index (χ4v) is 5.89. The van der Waals surface area contributed by atoms with E-state index in [1.807, 2.05) is 72.8 Å². The molecule has 1 N–H and O–H groups in total. The Hall–Kier alpha value is -2.76. The number of amides is 2. The predicted molar refractivity (Wildman–Crippen MR) is 154 cm³/mol. The molecule has 3 aromatic carbocycles. The summed E-state index contributed by atoms with van der Waals surface area (Å²) in [7, 11) is 0. The normalized spacial score (nSPS) is 14.3. The van der Waals surface area contributed by atoms with Crippen molar-refractivity contribution in [2.75, 3.05) is 5.75 Å². The van der Waals surface area contributed by atoms with Crippen LogP contribution in [0.3, 0.4) is 0 Å². The van der Waals surface area contributed by atoms with Crippen LogP contribution in [0.5, 0.6) is 0 Å². The van der Waals surface area contributed by atoms with Gasteiger partial charge in [-0.05, 0) is 35.6 Å². The van der Waals surface area contributed by atoms with E-state index in [2.05, 4.69) is 17.4 Å². The zero-order valence-corrected chi connectivity index (χ0v) is 22.7. The van der Waals surface area contributed by atoms with Gasteiger partial charge < -0.3 is 10.2 Å². The molecule has 0 saturated heterocycles. The van der Waals surface area contributed by atoms with Crippen molar-refractivity contribution in [1.29, 1.82) is 0 Å². The van der Waals surface area contributed by atoms with Crippen molar-refractivity contribution >= 4 is 35.2 Å². The molecule has 37 heavy (non-hydrogen) atoms. The summed E-state index contributed by atoms with van der Waals surface area (Å²) in [6, 6.07) is 27.4. The molecule has 0 spiro atoms. The number of carbonyl (C=O) groups is 2. The van der Waals surface area contributed by atoms with Gasteiger partial charge in [0.1, 0.15) is 6.04 Å². The summed E-state index contributed by atoms with van der Waals surface area (Å²) in [6.07, 6.45) is 5.10. The molecular weight excluding hydrogens is 500 g/mol. The van der Waals surface area contributed by atoms with Gasteiger partial charge in [-0.25, -0.2) is 0 Å². The van der Waals surface area contributed by atoms with Gasteiger partial charge in [-0.3, -0.25) is 9.59 Å². The highest BCUT2D eigenvalue weighted by Gasteiger charge is 2.32. The molecule has 1 aliphatic rings.